The molecule has 24 heavy (non-hydrogen) atoms. The standard InChI is InChI=1S/C21H27NO2/c1-21(2,3)22-14-19-12-10-17-9-11-18(13-20(17)24-19)23-15-16-7-5-4-6-8-16/h4-9,11,13,19,22H,10,12,14-15H2,1-3H3/t19-/m1/s1. The zero-order valence-electron chi connectivity index (χ0n) is 14.8. The van der Waals surface area contributed by atoms with Gasteiger partial charge in [0, 0.05) is 18.2 Å². The molecule has 0 unspecified atom stereocenters. The molecule has 0 bridgehead atoms. The average Bonchev–Trinajstić information content (AvgIpc) is 2.58. The van der Waals surface area contributed by atoms with Gasteiger partial charge in [0.2, 0.25) is 0 Å². The molecule has 0 saturated heterocycles. The molecule has 0 aromatic heterocycles. The predicted molar refractivity (Wildman–Crippen MR) is 97.7 cm³/mol. The maximum Gasteiger partial charge on any atom is 0.126 e. The van der Waals surface area contributed by atoms with Gasteiger partial charge in [0.25, 0.3) is 0 Å². The Morgan fingerprint density at radius 3 is 2.67 bits per heavy atom. The van der Waals surface area contributed by atoms with Crippen LogP contribution in [0.3, 0.4) is 0 Å². The van der Waals surface area contributed by atoms with Crippen molar-refractivity contribution < 1.29 is 9.47 Å². The number of nitrogens with one attached hydrogen (secondary N) is 1. The molecule has 1 heterocycles. The normalized spacial score (nSPS) is 17.0. The minimum Gasteiger partial charge on any atom is -0.489 e. The molecule has 0 spiro atoms. The Kier molecular flexibility index (Phi) is 5.10. The molecule has 2 aromatic carbocycles. The van der Waals surface area contributed by atoms with Crippen molar-refractivity contribution >= 4 is 0 Å². The number of ether oxygens (including phenoxy) is 2. The summed E-state index contributed by atoms with van der Waals surface area (Å²) in [4.78, 5) is 0. The average molecular weight is 325 g/mol. The largest absolute Gasteiger partial charge is 0.489 e. The van der Waals surface area contributed by atoms with Gasteiger partial charge in [-0.1, -0.05) is 36.4 Å². The first kappa shape index (κ1) is 16.8. The molecular formula is C21H27NO2. The van der Waals surface area contributed by atoms with Gasteiger partial charge in [-0.05, 0) is 50.8 Å². The van der Waals surface area contributed by atoms with Gasteiger partial charge in [-0.2, -0.15) is 0 Å². The lowest BCUT2D eigenvalue weighted by molar-refractivity contribution is 0.159. The van der Waals surface area contributed by atoms with Crippen LogP contribution in [0.4, 0.5) is 0 Å². The molecule has 0 fully saturated rings. The summed E-state index contributed by atoms with van der Waals surface area (Å²) in [5.74, 6) is 1.83. The highest BCUT2D eigenvalue weighted by molar-refractivity contribution is 5.42. The number of rotatable bonds is 5. The third-order valence-electron chi connectivity index (χ3n) is 4.18. The third kappa shape index (κ3) is 4.75. The molecule has 128 valence electrons. The first-order chi connectivity index (χ1) is 11.5. The Morgan fingerprint density at radius 1 is 1.12 bits per heavy atom. The molecule has 0 radical (unpaired) electrons. The Hall–Kier alpha value is -2.00. The molecule has 0 aliphatic carbocycles. The van der Waals surface area contributed by atoms with Crippen molar-refractivity contribution in [3.63, 3.8) is 0 Å². The van der Waals surface area contributed by atoms with Gasteiger partial charge in [0.05, 0.1) is 0 Å². The van der Waals surface area contributed by atoms with Gasteiger partial charge in [-0.25, -0.2) is 0 Å². The molecule has 3 rings (SSSR count). The molecule has 0 saturated carbocycles. The summed E-state index contributed by atoms with van der Waals surface area (Å²) in [7, 11) is 0. The summed E-state index contributed by atoms with van der Waals surface area (Å²) in [6.07, 6.45) is 2.34. The quantitative estimate of drug-likeness (QED) is 0.886. The van der Waals surface area contributed by atoms with E-state index in [1.807, 2.05) is 30.3 Å². The van der Waals surface area contributed by atoms with E-state index in [2.05, 4.69) is 44.3 Å². The second-order valence-corrected chi connectivity index (χ2v) is 7.45. The van der Waals surface area contributed by atoms with Gasteiger partial charge in [-0.15, -0.1) is 0 Å². The van der Waals surface area contributed by atoms with Gasteiger partial charge in [0.1, 0.15) is 24.2 Å². The van der Waals surface area contributed by atoms with E-state index in [0.717, 1.165) is 30.9 Å². The second-order valence-electron chi connectivity index (χ2n) is 7.45. The molecule has 2 aromatic rings. The van der Waals surface area contributed by atoms with Crippen LogP contribution < -0.4 is 14.8 Å². The molecule has 3 nitrogen and oxygen atoms in total. The number of hydrogen-bond donors (Lipinski definition) is 1. The van der Waals surface area contributed by atoms with Crippen molar-refractivity contribution in [2.24, 2.45) is 0 Å². The minimum absolute atomic E-state index is 0.115. The highest BCUT2D eigenvalue weighted by atomic mass is 16.5. The van der Waals surface area contributed by atoms with Crippen LogP contribution >= 0.6 is 0 Å². The van der Waals surface area contributed by atoms with Crippen molar-refractivity contribution in [2.45, 2.75) is 51.9 Å². The second kappa shape index (κ2) is 7.27. The van der Waals surface area contributed by atoms with Crippen LogP contribution in [-0.2, 0) is 13.0 Å². The lowest BCUT2D eigenvalue weighted by Crippen LogP contribution is -2.43. The van der Waals surface area contributed by atoms with Crippen molar-refractivity contribution in [1.29, 1.82) is 0 Å². The molecule has 1 N–H and O–H groups in total. The molecule has 0 amide bonds. The monoisotopic (exact) mass is 325 g/mol. The van der Waals surface area contributed by atoms with Crippen molar-refractivity contribution in [3.05, 3.63) is 59.7 Å². The topological polar surface area (TPSA) is 30.5 Å². The van der Waals surface area contributed by atoms with E-state index in [-0.39, 0.29) is 11.6 Å². The summed E-state index contributed by atoms with van der Waals surface area (Å²) < 4.78 is 12.1. The lowest BCUT2D eigenvalue weighted by Gasteiger charge is -2.30. The maximum atomic E-state index is 6.18. The predicted octanol–water partition coefficient (Wildman–Crippen LogP) is 4.35. The van der Waals surface area contributed by atoms with E-state index < -0.39 is 0 Å². The lowest BCUT2D eigenvalue weighted by atomic mass is 10.0. The zero-order valence-corrected chi connectivity index (χ0v) is 14.8. The molecule has 1 aliphatic rings. The molecule has 1 aliphatic heterocycles. The summed E-state index contributed by atoms with van der Waals surface area (Å²) in [5, 5.41) is 3.53. The number of hydrogen-bond acceptors (Lipinski definition) is 3. The van der Waals surface area contributed by atoms with Crippen LogP contribution in [0.2, 0.25) is 0 Å². The fourth-order valence-corrected chi connectivity index (χ4v) is 2.80. The molecular weight excluding hydrogens is 298 g/mol. The zero-order chi connectivity index (χ0) is 17.0. The summed E-state index contributed by atoms with van der Waals surface area (Å²) in [6.45, 7) is 7.99. The van der Waals surface area contributed by atoms with Crippen LogP contribution in [0.1, 0.15) is 38.3 Å². The highest BCUT2D eigenvalue weighted by Gasteiger charge is 2.22. The maximum absolute atomic E-state index is 6.18. The van der Waals surface area contributed by atoms with Gasteiger partial charge < -0.3 is 14.8 Å². The Balaban J connectivity index is 1.60. The van der Waals surface area contributed by atoms with Crippen molar-refractivity contribution in [2.75, 3.05) is 6.54 Å². The first-order valence-corrected chi connectivity index (χ1v) is 8.71. The number of fused-ring (bicyclic) bond motifs is 1. The summed E-state index contributed by atoms with van der Waals surface area (Å²) >= 11 is 0. The number of benzene rings is 2. The summed E-state index contributed by atoms with van der Waals surface area (Å²) in [5.41, 5.74) is 2.56. The van der Waals surface area contributed by atoms with Crippen LogP contribution in [0, 0.1) is 0 Å². The van der Waals surface area contributed by atoms with E-state index in [0.29, 0.717) is 6.61 Å². The van der Waals surface area contributed by atoms with Gasteiger partial charge in [-0.3, -0.25) is 0 Å². The van der Waals surface area contributed by atoms with Crippen LogP contribution in [0.15, 0.2) is 48.5 Å². The highest BCUT2D eigenvalue weighted by Crippen LogP contribution is 2.31. The van der Waals surface area contributed by atoms with Crippen LogP contribution in [0.25, 0.3) is 0 Å². The fourth-order valence-electron chi connectivity index (χ4n) is 2.80. The molecule has 1 atom stereocenters. The minimum atomic E-state index is 0.115. The van der Waals surface area contributed by atoms with Crippen molar-refractivity contribution in [1.82, 2.24) is 5.32 Å². The third-order valence-corrected chi connectivity index (χ3v) is 4.18. The fraction of sp³-hybridized carbons (Fsp3) is 0.429. The van der Waals surface area contributed by atoms with Gasteiger partial charge in [0.15, 0.2) is 0 Å². The van der Waals surface area contributed by atoms with Crippen molar-refractivity contribution in [3.8, 4) is 11.5 Å². The molecule has 3 heteroatoms. The van der Waals surface area contributed by atoms with Crippen LogP contribution in [0.5, 0.6) is 11.5 Å². The summed E-state index contributed by atoms with van der Waals surface area (Å²) in [6, 6.07) is 16.4. The van der Waals surface area contributed by atoms with Gasteiger partial charge >= 0.3 is 0 Å². The first-order valence-electron chi connectivity index (χ1n) is 8.71. The number of aryl methyl sites for hydroxylation is 1. The smallest absolute Gasteiger partial charge is 0.126 e. The van der Waals surface area contributed by atoms with E-state index >= 15 is 0 Å². The van der Waals surface area contributed by atoms with E-state index in [4.69, 9.17) is 9.47 Å². The Morgan fingerprint density at radius 2 is 1.92 bits per heavy atom. The van der Waals surface area contributed by atoms with E-state index in [1.54, 1.807) is 0 Å². The van der Waals surface area contributed by atoms with E-state index in [9.17, 15) is 0 Å². The van der Waals surface area contributed by atoms with Crippen LogP contribution in [-0.4, -0.2) is 18.2 Å². The Labute approximate surface area is 145 Å². The SMILES string of the molecule is CC(C)(C)NC[C@H]1CCc2ccc(OCc3ccccc3)cc2O1. The Bertz CT molecular complexity index is 661. The van der Waals surface area contributed by atoms with E-state index in [1.165, 1.54) is 11.1 Å².